The van der Waals surface area contributed by atoms with Crippen LogP contribution in [-0.4, -0.2) is 38.7 Å². The summed E-state index contributed by atoms with van der Waals surface area (Å²) in [5, 5.41) is 18.9. The van der Waals surface area contributed by atoms with Gasteiger partial charge < -0.3 is 5.11 Å². The zero-order valence-electron chi connectivity index (χ0n) is 9.70. The van der Waals surface area contributed by atoms with Crippen molar-refractivity contribution in [3.63, 3.8) is 0 Å². The van der Waals surface area contributed by atoms with E-state index in [9.17, 15) is 24.4 Å². The van der Waals surface area contributed by atoms with Gasteiger partial charge in [0.15, 0.2) is 0 Å². The van der Waals surface area contributed by atoms with Gasteiger partial charge in [-0.05, 0) is 12.1 Å². The van der Waals surface area contributed by atoms with Crippen LogP contribution in [0.2, 0.25) is 0 Å². The molecule has 0 spiro atoms. The first kappa shape index (κ1) is 13.1. The molecule has 0 bridgehead atoms. The van der Waals surface area contributed by atoms with E-state index in [1.165, 1.54) is 12.1 Å². The summed E-state index contributed by atoms with van der Waals surface area (Å²) in [6.07, 6.45) is -0.480. The lowest BCUT2D eigenvalue weighted by atomic mass is 10.1. The molecule has 1 saturated heterocycles. The molecule has 3 amide bonds. The highest BCUT2D eigenvalue weighted by Gasteiger charge is 2.57. The summed E-state index contributed by atoms with van der Waals surface area (Å²) in [6, 6.07) is 5.10. The first-order chi connectivity index (χ1) is 8.89. The Hall–Kier alpha value is -2.38. The quantitative estimate of drug-likeness (QED) is 0.459. The lowest BCUT2D eigenvalue weighted by Crippen LogP contribution is -2.54. The van der Waals surface area contributed by atoms with Crippen molar-refractivity contribution in [3.8, 4) is 0 Å². The van der Waals surface area contributed by atoms with Gasteiger partial charge in [0.05, 0.1) is 24.0 Å². The molecule has 0 atom stereocenters. The molecule has 1 fully saturated rings. The molecular formula is C12H10NO6+. The van der Waals surface area contributed by atoms with Crippen LogP contribution in [0.15, 0.2) is 24.3 Å². The zero-order chi connectivity index (χ0) is 14.2. The standard InChI is InChI=1S/C12H9NO6/c14-9-5-6-10(15)13(9,19)11(16)7-3-1-2-4-8(7)12(17)18/h1-4,19H,5-6H2/p+1. The molecule has 2 N–H and O–H groups in total. The van der Waals surface area contributed by atoms with Crippen molar-refractivity contribution in [2.24, 2.45) is 0 Å². The molecule has 1 heterocycles. The van der Waals surface area contributed by atoms with Gasteiger partial charge >= 0.3 is 23.7 Å². The summed E-state index contributed by atoms with van der Waals surface area (Å²) in [5.41, 5.74) is -0.743. The third-order valence-corrected chi connectivity index (χ3v) is 2.96. The number of amides is 3. The monoisotopic (exact) mass is 264 g/mol. The van der Waals surface area contributed by atoms with Gasteiger partial charge in [0.1, 0.15) is 0 Å². The maximum Gasteiger partial charge on any atom is 0.394 e. The van der Waals surface area contributed by atoms with Gasteiger partial charge in [-0.25, -0.2) is 19.2 Å². The van der Waals surface area contributed by atoms with E-state index >= 15 is 0 Å². The summed E-state index contributed by atoms with van der Waals surface area (Å²) in [7, 11) is 0. The molecule has 0 aliphatic carbocycles. The molecule has 7 heteroatoms. The van der Waals surface area contributed by atoms with E-state index in [2.05, 4.69) is 0 Å². The van der Waals surface area contributed by atoms with E-state index in [4.69, 9.17) is 5.11 Å². The summed E-state index contributed by atoms with van der Waals surface area (Å²) in [5.74, 6) is -4.51. The highest BCUT2D eigenvalue weighted by Crippen LogP contribution is 2.25. The van der Waals surface area contributed by atoms with Gasteiger partial charge in [-0.2, -0.15) is 5.21 Å². The number of hydrogen-bond acceptors (Lipinski definition) is 5. The SMILES string of the molecule is O=C(O)c1ccccc1C(=O)[N+]1(O)C(=O)CCC1=O. The van der Waals surface area contributed by atoms with Gasteiger partial charge in [0, 0.05) is 4.65 Å². The molecule has 1 aliphatic heterocycles. The minimum atomic E-state index is -1.98. The predicted molar refractivity (Wildman–Crippen MR) is 59.0 cm³/mol. The normalized spacial score (nSPS) is 17.5. The average molecular weight is 264 g/mol. The Morgan fingerprint density at radius 1 is 1.00 bits per heavy atom. The number of nitrogens with zero attached hydrogens (tertiary/aromatic N) is 1. The van der Waals surface area contributed by atoms with Crippen LogP contribution in [0.5, 0.6) is 0 Å². The molecule has 98 valence electrons. The fraction of sp³-hybridized carbons (Fsp3) is 0.167. The van der Waals surface area contributed by atoms with Crippen molar-refractivity contribution in [1.82, 2.24) is 0 Å². The number of benzene rings is 1. The van der Waals surface area contributed by atoms with Crippen LogP contribution < -0.4 is 0 Å². The van der Waals surface area contributed by atoms with Gasteiger partial charge in [-0.15, -0.1) is 0 Å². The fourth-order valence-corrected chi connectivity index (χ4v) is 1.93. The summed E-state index contributed by atoms with van der Waals surface area (Å²) in [4.78, 5) is 46.2. The van der Waals surface area contributed by atoms with E-state index in [1.807, 2.05) is 0 Å². The van der Waals surface area contributed by atoms with Crippen LogP contribution in [-0.2, 0) is 9.59 Å². The van der Waals surface area contributed by atoms with Crippen LogP contribution in [0.4, 0.5) is 0 Å². The zero-order valence-corrected chi connectivity index (χ0v) is 9.70. The first-order valence-corrected chi connectivity index (χ1v) is 5.45. The molecule has 0 saturated carbocycles. The molecule has 19 heavy (non-hydrogen) atoms. The molecule has 7 nitrogen and oxygen atoms in total. The maximum absolute atomic E-state index is 12.1. The number of likely N-dealkylation sites (tertiary alicyclic amines) is 1. The van der Waals surface area contributed by atoms with Crippen molar-refractivity contribution < 1.29 is 34.1 Å². The number of aromatic carboxylic acids is 1. The molecular weight excluding hydrogens is 254 g/mol. The highest BCUT2D eigenvalue weighted by molar-refractivity contribution is 6.10. The molecule has 2 rings (SSSR count). The van der Waals surface area contributed by atoms with Crippen molar-refractivity contribution >= 4 is 23.7 Å². The Balaban J connectivity index is 2.54. The van der Waals surface area contributed by atoms with E-state index in [0.717, 1.165) is 12.1 Å². The lowest BCUT2D eigenvalue weighted by Gasteiger charge is -2.17. The van der Waals surface area contributed by atoms with Crippen LogP contribution in [0.3, 0.4) is 0 Å². The largest absolute Gasteiger partial charge is 0.478 e. The minimum absolute atomic E-state index is 0.240. The third-order valence-electron chi connectivity index (χ3n) is 2.96. The van der Waals surface area contributed by atoms with Crippen LogP contribution >= 0.6 is 0 Å². The number of rotatable bonds is 2. The second-order valence-electron chi connectivity index (χ2n) is 4.08. The van der Waals surface area contributed by atoms with Crippen molar-refractivity contribution in [2.75, 3.05) is 0 Å². The number of quaternary nitrogens is 1. The second-order valence-corrected chi connectivity index (χ2v) is 4.08. The fourth-order valence-electron chi connectivity index (χ4n) is 1.93. The smallest absolute Gasteiger partial charge is 0.394 e. The Labute approximate surface area is 107 Å². The summed E-state index contributed by atoms with van der Waals surface area (Å²) < 4.78 is -1.98. The topological polar surface area (TPSA) is 109 Å². The number of imide groups is 3. The molecule has 1 aromatic carbocycles. The van der Waals surface area contributed by atoms with Crippen molar-refractivity contribution in [3.05, 3.63) is 35.4 Å². The number of carboxylic acids is 1. The number of hydroxylamine groups is 3. The molecule has 1 aliphatic rings. The van der Waals surface area contributed by atoms with Crippen LogP contribution in [0.25, 0.3) is 0 Å². The van der Waals surface area contributed by atoms with Gasteiger partial charge in [-0.3, -0.25) is 0 Å². The minimum Gasteiger partial charge on any atom is -0.478 e. The van der Waals surface area contributed by atoms with Gasteiger partial charge in [0.25, 0.3) is 0 Å². The van der Waals surface area contributed by atoms with Crippen molar-refractivity contribution in [1.29, 1.82) is 0 Å². The molecule has 0 radical (unpaired) electrons. The van der Waals surface area contributed by atoms with E-state index in [-0.39, 0.29) is 24.0 Å². The second kappa shape index (κ2) is 4.38. The van der Waals surface area contributed by atoms with Gasteiger partial charge in [0.2, 0.25) is 0 Å². The third kappa shape index (κ3) is 1.85. The molecule has 0 aromatic heterocycles. The molecule has 0 unspecified atom stereocenters. The summed E-state index contributed by atoms with van der Waals surface area (Å²) in [6.45, 7) is 0. The van der Waals surface area contributed by atoms with Gasteiger partial charge in [-0.1, -0.05) is 12.1 Å². The maximum atomic E-state index is 12.1. The van der Waals surface area contributed by atoms with Crippen molar-refractivity contribution in [2.45, 2.75) is 12.8 Å². The van der Waals surface area contributed by atoms with E-state index in [0.29, 0.717) is 0 Å². The van der Waals surface area contributed by atoms with Crippen LogP contribution in [0, 0.1) is 0 Å². The average Bonchev–Trinajstić information content (AvgIpc) is 2.66. The Morgan fingerprint density at radius 3 is 1.95 bits per heavy atom. The highest BCUT2D eigenvalue weighted by atomic mass is 16.6. The summed E-state index contributed by atoms with van der Waals surface area (Å²) >= 11 is 0. The molecule has 1 aromatic rings. The number of hydrogen-bond donors (Lipinski definition) is 2. The number of carboxylic acid groups (broad SMARTS) is 1. The first-order valence-electron chi connectivity index (χ1n) is 5.45. The van der Waals surface area contributed by atoms with E-state index < -0.39 is 28.3 Å². The lowest BCUT2D eigenvalue weighted by molar-refractivity contribution is -0.900. The van der Waals surface area contributed by atoms with Crippen LogP contribution in [0.1, 0.15) is 33.6 Å². The number of carbonyl (C=O) groups excluding carboxylic acids is 3. The Kier molecular flexibility index (Phi) is 3.01. The Bertz CT molecular complexity index is 590. The number of carbonyl (C=O) groups is 4. The Morgan fingerprint density at radius 2 is 1.47 bits per heavy atom. The van der Waals surface area contributed by atoms with E-state index in [1.54, 1.807) is 0 Å². The predicted octanol–water partition coefficient (Wildman–Crippen LogP) is 0.578.